The molecule has 3 rings (SSSR count). The Morgan fingerprint density at radius 1 is 1.07 bits per heavy atom. The van der Waals surface area contributed by atoms with Crippen LogP contribution in [-0.2, 0) is 16.0 Å². The Balaban J connectivity index is 1.55. The third-order valence-electron chi connectivity index (χ3n) is 5.21. The van der Waals surface area contributed by atoms with Crippen molar-refractivity contribution in [3.63, 3.8) is 0 Å². The predicted molar refractivity (Wildman–Crippen MR) is 112 cm³/mol. The number of rotatable bonds is 6. The molecule has 6 heteroatoms. The predicted octanol–water partition coefficient (Wildman–Crippen LogP) is 3.75. The minimum absolute atomic E-state index is 0.0147. The van der Waals surface area contributed by atoms with Gasteiger partial charge in [0.1, 0.15) is 0 Å². The van der Waals surface area contributed by atoms with Crippen LogP contribution in [0, 0.1) is 0 Å². The SMILES string of the molecule is CN(CC(=O)Nc1ccccc1Cl)C(=O)CN(C)[C@@H]1CCCc2ccccc21. The highest BCUT2D eigenvalue weighted by Gasteiger charge is 2.25. The Kier molecular flexibility index (Phi) is 6.70. The quantitative estimate of drug-likeness (QED) is 0.804. The van der Waals surface area contributed by atoms with Gasteiger partial charge in [0, 0.05) is 13.1 Å². The summed E-state index contributed by atoms with van der Waals surface area (Å²) >= 11 is 6.06. The highest BCUT2D eigenvalue weighted by atomic mass is 35.5. The molecule has 0 radical (unpaired) electrons. The minimum atomic E-state index is -0.269. The van der Waals surface area contributed by atoms with Crippen LogP contribution in [0.1, 0.15) is 30.0 Å². The van der Waals surface area contributed by atoms with Gasteiger partial charge in [-0.1, -0.05) is 48.0 Å². The van der Waals surface area contributed by atoms with Crippen LogP contribution >= 0.6 is 11.6 Å². The van der Waals surface area contributed by atoms with E-state index in [4.69, 9.17) is 11.6 Å². The summed E-state index contributed by atoms with van der Waals surface area (Å²) in [4.78, 5) is 28.4. The van der Waals surface area contributed by atoms with Crippen LogP contribution in [0.4, 0.5) is 5.69 Å². The molecule has 0 spiro atoms. The fourth-order valence-electron chi connectivity index (χ4n) is 3.69. The molecule has 1 aliphatic carbocycles. The zero-order chi connectivity index (χ0) is 20.1. The van der Waals surface area contributed by atoms with E-state index in [0.717, 1.165) is 19.3 Å². The van der Waals surface area contributed by atoms with Crippen molar-refractivity contribution in [3.05, 3.63) is 64.7 Å². The molecule has 0 bridgehead atoms. The number of nitrogens with zero attached hydrogens (tertiary/aromatic N) is 2. The Morgan fingerprint density at radius 3 is 2.57 bits per heavy atom. The number of fused-ring (bicyclic) bond motifs is 1. The number of likely N-dealkylation sites (N-methyl/N-ethyl adjacent to an activating group) is 2. The fraction of sp³-hybridized carbons (Fsp3) is 0.364. The number of aryl methyl sites for hydroxylation is 1. The zero-order valence-corrected chi connectivity index (χ0v) is 17.1. The molecule has 0 heterocycles. The van der Waals surface area contributed by atoms with Gasteiger partial charge in [-0.25, -0.2) is 0 Å². The van der Waals surface area contributed by atoms with Crippen molar-refractivity contribution >= 4 is 29.1 Å². The van der Waals surface area contributed by atoms with E-state index in [1.54, 1.807) is 31.3 Å². The number of halogens is 1. The van der Waals surface area contributed by atoms with Gasteiger partial charge in [0.25, 0.3) is 0 Å². The summed E-state index contributed by atoms with van der Waals surface area (Å²) in [5.41, 5.74) is 3.22. The number of amides is 2. The smallest absolute Gasteiger partial charge is 0.244 e. The zero-order valence-electron chi connectivity index (χ0n) is 16.3. The molecule has 2 amide bonds. The summed E-state index contributed by atoms with van der Waals surface area (Å²) in [6, 6.07) is 15.7. The molecular formula is C22H26ClN3O2. The summed E-state index contributed by atoms with van der Waals surface area (Å²) in [5.74, 6) is -0.352. The van der Waals surface area contributed by atoms with E-state index in [1.807, 2.05) is 7.05 Å². The summed E-state index contributed by atoms with van der Waals surface area (Å²) in [7, 11) is 3.62. The first-order valence-electron chi connectivity index (χ1n) is 9.52. The first-order valence-corrected chi connectivity index (χ1v) is 9.90. The molecule has 0 fully saturated rings. The van der Waals surface area contributed by atoms with Crippen LogP contribution in [0.3, 0.4) is 0 Å². The number of benzene rings is 2. The second-order valence-electron chi connectivity index (χ2n) is 7.30. The Hall–Kier alpha value is -2.37. The molecule has 5 nitrogen and oxygen atoms in total. The van der Waals surface area contributed by atoms with Crippen molar-refractivity contribution < 1.29 is 9.59 Å². The van der Waals surface area contributed by atoms with E-state index in [0.29, 0.717) is 10.7 Å². The Bertz CT molecular complexity index is 855. The van der Waals surface area contributed by atoms with E-state index >= 15 is 0 Å². The van der Waals surface area contributed by atoms with E-state index in [1.165, 1.54) is 16.0 Å². The molecule has 0 saturated heterocycles. The molecule has 0 saturated carbocycles. The van der Waals surface area contributed by atoms with Crippen LogP contribution in [0.25, 0.3) is 0 Å². The van der Waals surface area contributed by atoms with Crippen LogP contribution in [0.2, 0.25) is 5.02 Å². The van der Waals surface area contributed by atoms with Crippen molar-refractivity contribution in [1.29, 1.82) is 0 Å². The number of para-hydroxylation sites is 1. The van der Waals surface area contributed by atoms with Gasteiger partial charge in [-0.05, 0) is 49.6 Å². The molecule has 1 N–H and O–H groups in total. The van der Waals surface area contributed by atoms with Crippen molar-refractivity contribution in [2.45, 2.75) is 25.3 Å². The maximum absolute atomic E-state index is 12.6. The van der Waals surface area contributed by atoms with Crippen LogP contribution in [0.5, 0.6) is 0 Å². The number of carbonyl (C=O) groups excluding carboxylic acids is 2. The molecule has 1 aliphatic rings. The second kappa shape index (κ2) is 9.22. The van der Waals surface area contributed by atoms with Gasteiger partial charge >= 0.3 is 0 Å². The van der Waals surface area contributed by atoms with Crippen LogP contribution in [0.15, 0.2) is 48.5 Å². The lowest BCUT2D eigenvalue weighted by Gasteiger charge is -2.33. The standard InChI is InChI=1S/C22H26ClN3O2/c1-25(20-13-7-9-16-8-3-4-10-17(16)20)15-22(28)26(2)14-21(27)24-19-12-6-5-11-18(19)23/h3-6,8,10-12,20H,7,9,13-15H2,1-2H3,(H,24,27)/t20-/m1/s1. The number of nitrogens with one attached hydrogen (secondary N) is 1. The first-order chi connectivity index (χ1) is 13.5. The van der Waals surface area contributed by atoms with Crippen LogP contribution < -0.4 is 5.32 Å². The molecule has 148 valence electrons. The van der Waals surface area contributed by atoms with Crippen molar-refractivity contribution in [1.82, 2.24) is 9.80 Å². The van der Waals surface area contributed by atoms with Gasteiger partial charge in [0.2, 0.25) is 11.8 Å². The third kappa shape index (κ3) is 4.91. The summed E-state index contributed by atoms with van der Waals surface area (Å²) < 4.78 is 0. The van der Waals surface area contributed by atoms with Gasteiger partial charge in [-0.3, -0.25) is 14.5 Å². The maximum Gasteiger partial charge on any atom is 0.244 e. The minimum Gasteiger partial charge on any atom is -0.335 e. The van der Waals surface area contributed by atoms with E-state index in [-0.39, 0.29) is 30.9 Å². The lowest BCUT2D eigenvalue weighted by Crippen LogP contribution is -2.42. The highest BCUT2D eigenvalue weighted by Crippen LogP contribution is 2.33. The van der Waals surface area contributed by atoms with Gasteiger partial charge in [0.05, 0.1) is 23.8 Å². The lowest BCUT2D eigenvalue weighted by molar-refractivity contribution is -0.134. The first kappa shape index (κ1) is 20.4. The molecular weight excluding hydrogens is 374 g/mol. The molecule has 2 aromatic rings. The monoisotopic (exact) mass is 399 g/mol. The third-order valence-corrected chi connectivity index (χ3v) is 5.54. The van der Waals surface area contributed by atoms with Gasteiger partial charge in [-0.15, -0.1) is 0 Å². The van der Waals surface area contributed by atoms with Gasteiger partial charge in [-0.2, -0.15) is 0 Å². The van der Waals surface area contributed by atoms with E-state index < -0.39 is 0 Å². The van der Waals surface area contributed by atoms with Crippen LogP contribution in [-0.4, -0.2) is 48.8 Å². The Morgan fingerprint density at radius 2 is 1.79 bits per heavy atom. The second-order valence-corrected chi connectivity index (χ2v) is 7.71. The van der Waals surface area contributed by atoms with Crippen molar-refractivity contribution in [3.8, 4) is 0 Å². The number of carbonyl (C=O) groups is 2. The summed E-state index contributed by atoms with van der Waals surface area (Å²) in [6.45, 7) is 0.258. The number of hydrogen-bond donors (Lipinski definition) is 1. The lowest BCUT2D eigenvalue weighted by atomic mass is 9.87. The molecule has 2 aromatic carbocycles. The van der Waals surface area contributed by atoms with Gasteiger partial charge in [0.15, 0.2) is 0 Å². The molecule has 1 atom stereocenters. The van der Waals surface area contributed by atoms with Crippen molar-refractivity contribution in [2.75, 3.05) is 32.5 Å². The number of anilines is 1. The summed E-state index contributed by atoms with van der Waals surface area (Å²) in [5, 5.41) is 3.22. The summed E-state index contributed by atoms with van der Waals surface area (Å²) in [6.07, 6.45) is 3.25. The maximum atomic E-state index is 12.6. The van der Waals surface area contributed by atoms with Gasteiger partial charge < -0.3 is 10.2 Å². The van der Waals surface area contributed by atoms with E-state index in [9.17, 15) is 9.59 Å². The molecule has 0 aliphatic heterocycles. The van der Waals surface area contributed by atoms with Crippen molar-refractivity contribution in [2.24, 2.45) is 0 Å². The average molecular weight is 400 g/mol. The highest BCUT2D eigenvalue weighted by molar-refractivity contribution is 6.33. The normalized spacial score (nSPS) is 15.8. The Labute approximate surface area is 171 Å². The molecule has 28 heavy (non-hydrogen) atoms. The fourth-order valence-corrected chi connectivity index (χ4v) is 3.87. The molecule has 0 unspecified atom stereocenters. The topological polar surface area (TPSA) is 52.7 Å². The average Bonchev–Trinajstić information content (AvgIpc) is 2.69. The largest absolute Gasteiger partial charge is 0.335 e. The molecule has 0 aromatic heterocycles. The van der Waals surface area contributed by atoms with E-state index in [2.05, 4.69) is 34.5 Å². The number of hydrogen-bond acceptors (Lipinski definition) is 3.